The van der Waals surface area contributed by atoms with Crippen molar-refractivity contribution in [1.82, 2.24) is 5.32 Å². The first-order valence-electron chi connectivity index (χ1n) is 10.9. The van der Waals surface area contributed by atoms with Gasteiger partial charge >= 0.3 is 5.97 Å². The minimum absolute atomic E-state index is 0.0115. The molecule has 1 saturated carbocycles. The highest BCUT2D eigenvalue weighted by molar-refractivity contribution is 5.98. The highest BCUT2D eigenvalue weighted by Crippen LogP contribution is 2.37. The molecule has 0 spiro atoms. The summed E-state index contributed by atoms with van der Waals surface area (Å²) < 4.78 is 4.92. The molecule has 0 aromatic heterocycles. The van der Waals surface area contributed by atoms with E-state index < -0.39 is 0 Å². The fourth-order valence-corrected chi connectivity index (χ4v) is 4.37. The predicted octanol–water partition coefficient (Wildman–Crippen LogP) is 3.96. The average molecular weight is 413 g/mol. The van der Waals surface area contributed by atoms with Crippen molar-refractivity contribution in [2.24, 2.45) is 11.8 Å². The summed E-state index contributed by atoms with van der Waals surface area (Å²) in [5, 5.41) is 5.96. The van der Waals surface area contributed by atoms with Crippen LogP contribution in [0.15, 0.2) is 30.4 Å². The zero-order valence-electron chi connectivity index (χ0n) is 18.1. The number of carbonyl (C=O) groups is 3. The molecular formula is C24H32N2O4. The van der Waals surface area contributed by atoms with Crippen molar-refractivity contribution in [3.63, 3.8) is 0 Å². The van der Waals surface area contributed by atoms with Gasteiger partial charge in [0, 0.05) is 35.7 Å². The van der Waals surface area contributed by atoms with E-state index in [2.05, 4.69) is 10.6 Å². The van der Waals surface area contributed by atoms with Gasteiger partial charge in [0.1, 0.15) is 0 Å². The Hall–Kier alpha value is -2.63. The summed E-state index contributed by atoms with van der Waals surface area (Å²) in [6.07, 6.45) is 8.00. The maximum Gasteiger partial charge on any atom is 0.330 e. The van der Waals surface area contributed by atoms with Crippen LogP contribution in [0.1, 0.15) is 68.8 Å². The lowest BCUT2D eigenvalue weighted by Gasteiger charge is -2.32. The maximum atomic E-state index is 12.7. The van der Waals surface area contributed by atoms with Gasteiger partial charge in [-0.25, -0.2) is 4.79 Å². The second-order valence-corrected chi connectivity index (χ2v) is 8.97. The summed E-state index contributed by atoms with van der Waals surface area (Å²) >= 11 is 0. The molecule has 0 bridgehead atoms. The Balaban J connectivity index is 1.50. The first-order chi connectivity index (χ1) is 14.3. The molecule has 1 aliphatic heterocycles. The number of anilines is 1. The SMILES string of the molecule is CCOC(=O)/C=C/[C@H]1CC[C@H](CNC(=O)c2ccc3c(c2)C(C)(C)CC(=O)N3)CC1. The fraction of sp³-hybridized carbons (Fsp3) is 0.542. The van der Waals surface area contributed by atoms with Gasteiger partial charge in [-0.2, -0.15) is 0 Å². The maximum absolute atomic E-state index is 12.7. The lowest BCUT2D eigenvalue weighted by atomic mass is 9.77. The van der Waals surface area contributed by atoms with Gasteiger partial charge in [0.2, 0.25) is 5.91 Å². The van der Waals surface area contributed by atoms with Gasteiger partial charge in [-0.05, 0) is 68.2 Å². The molecule has 6 heteroatoms. The molecule has 1 fully saturated rings. The lowest BCUT2D eigenvalue weighted by molar-refractivity contribution is -0.137. The van der Waals surface area contributed by atoms with E-state index in [1.54, 1.807) is 13.0 Å². The number of hydrogen-bond acceptors (Lipinski definition) is 4. The topological polar surface area (TPSA) is 84.5 Å². The molecule has 0 saturated heterocycles. The average Bonchev–Trinajstić information content (AvgIpc) is 2.70. The zero-order chi connectivity index (χ0) is 21.7. The number of carbonyl (C=O) groups excluding carboxylic acids is 3. The summed E-state index contributed by atoms with van der Waals surface area (Å²) in [7, 11) is 0. The normalized spacial score (nSPS) is 22.8. The number of hydrogen-bond donors (Lipinski definition) is 2. The van der Waals surface area contributed by atoms with Gasteiger partial charge in [-0.3, -0.25) is 9.59 Å². The fourth-order valence-electron chi connectivity index (χ4n) is 4.37. The molecule has 0 unspecified atom stereocenters. The van der Waals surface area contributed by atoms with Crippen molar-refractivity contribution in [1.29, 1.82) is 0 Å². The van der Waals surface area contributed by atoms with E-state index in [1.807, 2.05) is 32.1 Å². The highest BCUT2D eigenvalue weighted by Gasteiger charge is 2.32. The molecule has 162 valence electrons. The number of allylic oxidation sites excluding steroid dienone is 1. The van der Waals surface area contributed by atoms with E-state index in [0.717, 1.165) is 36.9 Å². The van der Waals surface area contributed by atoms with Crippen LogP contribution in [0.3, 0.4) is 0 Å². The van der Waals surface area contributed by atoms with Crippen LogP contribution in [0.2, 0.25) is 0 Å². The number of amides is 2. The largest absolute Gasteiger partial charge is 0.463 e. The Kier molecular flexibility index (Phi) is 6.95. The minimum Gasteiger partial charge on any atom is -0.463 e. The van der Waals surface area contributed by atoms with Crippen molar-refractivity contribution in [2.75, 3.05) is 18.5 Å². The third-order valence-corrected chi connectivity index (χ3v) is 6.12. The molecule has 2 aliphatic rings. The molecule has 1 aromatic carbocycles. The number of ether oxygens (including phenoxy) is 1. The lowest BCUT2D eigenvalue weighted by Crippen LogP contribution is -2.34. The van der Waals surface area contributed by atoms with Crippen molar-refractivity contribution >= 4 is 23.5 Å². The molecule has 2 amide bonds. The molecule has 30 heavy (non-hydrogen) atoms. The van der Waals surface area contributed by atoms with E-state index in [9.17, 15) is 14.4 Å². The van der Waals surface area contributed by atoms with Crippen LogP contribution in [0.5, 0.6) is 0 Å². The van der Waals surface area contributed by atoms with E-state index in [0.29, 0.717) is 37.0 Å². The third kappa shape index (κ3) is 5.49. The van der Waals surface area contributed by atoms with E-state index in [1.165, 1.54) is 6.08 Å². The summed E-state index contributed by atoms with van der Waals surface area (Å²) in [5.41, 5.74) is 2.14. The molecule has 1 heterocycles. The van der Waals surface area contributed by atoms with E-state index in [-0.39, 0.29) is 23.2 Å². The van der Waals surface area contributed by atoms with Gasteiger partial charge in [-0.1, -0.05) is 19.9 Å². The van der Waals surface area contributed by atoms with Crippen LogP contribution in [0.25, 0.3) is 0 Å². The van der Waals surface area contributed by atoms with Gasteiger partial charge in [0.25, 0.3) is 5.91 Å². The number of nitrogens with one attached hydrogen (secondary N) is 2. The Morgan fingerprint density at radius 2 is 1.97 bits per heavy atom. The molecule has 3 rings (SSSR count). The van der Waals surface area contributed by atoms with Crippen LogP contribution >= 0.6 is 0 Å². The molecule has 0 atom stereocenters. The summed E-state index contributed by atoms with van der Waals surface area (Å²) in [6, 6.07) is 5.50. The van der Waals surface area contributed by atoms with Gasteiger partial charge < -0.3 is 15.4 Å². The number of benzene rings is 1. The quantitative estimate of drug-likeness (QED) is 0.547. The van der Waals surface area contributed by atoms with Gasteiger partial charge in [0.15, 0.2) is 0 Å². The Morgan fingerprint density at radius 1 is 1.23 bits per heavy atom. The molecule has 1 aliphatic carbocycles. The zero-order valence-corrected chi connectivity index (χ0v) is 18.1. The predicted molar refractivity (Wildman–Crippen MR) is 116 cm³/mol. The van der Waals surface area contributed by atoms with Crippen LogP contribution in [-0.2, 0) is 19.7 Å². The Morgan fingerprint density at radius 3 is 2.67 bits per heavy atom. The Bertz CT molecular complexity index is 836. The monoisotopic (exact) mass is 412 g/mol. The second-order valence-electron chi connectivity index (χ2n) is 8.97. The molecular weight excluding hydrogens is 380 g/mol. The van der Waals surface area contributed by atoms with Crippen LogP contribution < -0.4 is 10.6 Å². The van der Waals surface area contributed by atoms with Crippen molar-refractivity contribution in [3.05, 3.63) is 41.5 Å². The standard InChI is InChI=1S/C24H32N2O4/c1-4-30-22(28)12-9-16-5-7-17(8-6-16)15-25-23(29)18-10-11-20-19(13-18)24(2,3)14-21(27)26-20/h9-13,16-17H,4-8,14-15H2,1-3H3,(H,25,29)(H,26,27)/b12-9+/t16-,17-. The second kappa shape index (κ2) is 9.45. The van der Waals surface area contributed by atoms with Crippen LogP contribution in [-0.4, -0.2) is 30.9 Å². The van der Waals surface area contributed by atoms with Crippen LogP contribution in [0.4, 0.5) is 5.69 Å². The van der Waals surface area contributed by atoms with Gasteiger partial charge in [0.05, 0.1) is 6.61 Å². The van der Waals surface area contributed by atoms with Crippen LogP contribution in [0, 0.1) is 11.8 Å². The van der Waals surface area contributed by atoms with E-state index >= 15 is 0 Å². The molecule has 2 N–H and O–H groups in total. The molecule has 6 nitrogen and oxygen atoms in total. The Labute approximate surface area is 178 Å². The highest BCUT2D eigenvalue weighted by atomic mass is 16.5. The minimum atomic E-state index is -0.288. The van der Waals surface area contributed by atoms with Crippen molar-refractivity contribution in [2.45, 2.75) is 58.3 Å². The van der Waals surface area contributed by atoms with E-state index in [4.69, 9.17) is 4.74 Å². The number of esters is 1. The summed E-state index contributed by atoms with van der Waals surface area (Å²) in [4.78, 5) is 36.0. The molecule has 0 radical (unpaired) electrons. The summed E-state index contributed by atoms with van der Waals surface area (Å²) in [5.74, 6) is 0.515. The third-order valence-electron chi connectivity index (χ3n) is 6.12. The van der Waals surface area contributed by atoms with Crippen molar-refractivity contribution in [3.8, 4) is 0 Å². The summed E-state index contributed by atoms with van der Waals surface area (Å²) in [6.45, 7) is 6.91. The van der Waals surface area contributed by atoms with Gasteiger partial charge in [-0.15, -0.1) is 0 Å². The smallest absolute Gasteiger partial charge is 0.330 e. The number of rotatable bonds is 6. The first kappa shape index (κ1) is 22.1. The van der Waals surface area contributed by atoms with Crippen molar-refractivity contribution < 1.29 is 19.1 Å². The first-order valence-corrected chi connectivity index (χ1v) is 10.9. The number of fused-ring (bicyclic) bond motifs is 1. The molecule has 1 aromatic rings.